The van der Waals surface area contributed by atoms with Gasteiger partial charge in [0, 0.05) is 15.8 Å². The maximum atomic E-state index is 13.4. The second-order valence-corrected chi connectivity index (χ2v) is 11.7. The Balaban J connectivity index is 1.27. The highest BCUT2D eigenvalue weighted by Gasteiger charge is 2.61. The van der Waals surface area contributed by atoms with Crippen molar-refractivity contribution >= 4 is 39.1 Å². The van der Waals surface area contributed by atoms with Gasteiger partial charge in [-0.1, -0.05) is 30.3 Å². The molecule has 0 radical (unpaired) electrons. The zero-order valence-electron chi connectivity index (χ0n) is 17.9. The number of fused-ring (bicyclic) bond motifs is 1. The van der Waals surface area contributed by atoms with Crippen LogP contribution in [0.4, 0.5) is 0 Å². The lowest BCUT2D eigenvalue weighted by Gasteiger charge is -2.58. The van der Waals surface area contributed by atoms with E-state index in [0.717, 1.165) is 36.8 Å². The van der Waals surface area contributed by atoms with Crippen molar-refractivity contribution in [3.8, 4) is 11.1 Å². The largest absolute Gasteiger partial charge is 0.454 e. The van der Waals surface area contributed by atoms with Crippen molar-refractivity contribution in [3.05, 3.63) is 51.9 Å². The highest BCUT2D eigenvalue weighted by atomic mass is 35.5. The topological polar surface area (TPSA) is 72.0 Å². The average molecular weight is 469 g/mol. The van der Waals surface area contributed by atoms with Crippen molar-refractivity contribution in [3.63, 3.8) is 0 Å². The molecule has 0 unspecified atom stereocenters. The third-order valence-corrected chi connectivity index (χ3v) is 8.95. The van der Waals surface area contributed by atoms with E-state index in [0.29, 0.717) is 34.3 Å². The first kappa shape index (κ1) is 20.4. The third kappa shape index (κ3) is 3.22. The summed E-state index contributed by atoms with van der Waals surface area (Å²) in [6.45, 7) is 1.78. The van der Waals surface area contributed by atoms with Crippen LogP contribution in [0.2, 0.25) is 0 Å². The molecule has 4 fully saturated rings. The molecule has 166 valence electrons. The Kier molecular flexibility index (Phi) is 4.57. The second-order valence-electron chi connectivity index (χ2n) is 10.1. The van der Waals surface area contributed by atoms with Crippen molar-refractivity contribution in [1.29, 1.82) is 0 Å². The molecule has 7 heteroatoms. The molecule has 0 spiro atoms. The minimum Gasteiger partial charge on any atom is -0.454 e. The van der Waals surface area contributed by atoms with Gasteiger partial charge in [-0.25, -0.2) is 4.98 Å². The zero-order valence-corrected chi connectivity index (χ0v) is 19.5. The molecule has 0 aliphatic heterocycles. The van der Waals surface area contributed by atoms with Crippen molar-refractivity contribution in [2.45, 2.75) is 56.4 Å². The minimum atomic E-state index is -0.624. The number of nitrogens with zero attached hydrogens (tertiary/aromatic N) is 1. The van der Waals surface area contributed by atoms with Gasteiger partial charge in [0.2, 0.25) is 0 Å². The van der Waals surface area contributed by atoms with E-state index in [9.17, 15) is 9.59 Å². The number of alkyl halides is 1. The molecule has 4 aliphatic rings. The van der Waals surface area contributed by atoms with Gasteiger partial charge in [-0.2, -0.15) is 0 Å². The fourth-order valence-electron chi connectivity index (χ4n) is 6.72. The van der Waals surface area contributed by atoms with E-state index in [1.807, 2.05) is 35.7 Å². The van der Waals surface area contributed by atoms with Crippen LogP contribution in [0.3, 0.4) is 0 Å². The molecule has 5 nitrogen and oxygen atoms in total. The van der Waals surface area contributed by atoms with E-state index in [1.54, 1.807) is 6.92 Å². The number of hydrogen-bond donors (Lipinski definition) is 1. The first-order valence-corrected chi connectivity index (χ1v) is 12.6. The summed E-state index contributed by atoms with van der Waals surface area (Å²) >= 11 is 8.32. The predicted octanol–water partition coefficient (Wildman–Crippen LogP) is 5.83. The standard InChI is InChI=1S/C25H25ClN2O3S/c1-14(31-23(30)24-8-15-7-16(9-24)11-25(26,10-15)13-24)20-27-21(29)19-18(12-32-22(19)28-20)17-5-3-2-4-6-17/h2-6,12,14-16H,7-11,13H2,1H3,(H,27,28,29)/t14-,15+,16+,24?,25?/m0/s1. The number of carbonyl (C=O) groups is 1. The number of hydrogen-bond acceptors (Lipinski definition) is 5. The summed E-state index contributed by atoms with van der Waals surface area (Å²) in [6, 6.07) is 9.81. The Morgan fingerprint density at radius 1 is 1.22 bits per heavy atom. The van der Waals surface area contributed by atoms with E-state index >= 15 is 0 Å². The highest BCUT2D eigenvalue weighted by Crippen LogP contribution is 2.64. The molecular weight excluding hydrogens is 444 g/mol. The predicted molar refractivity (Wildman–Crippen MR) is 126 cm³/mol. The molecule has 32 heavy (non-hydrogen) atoms. The van der Waals surface area contributed by atoms with Gasteiger partial charge in [-0.15, -0.1) is 22.9 Å². The zero-order chi connectivity index (χ0) is 22.1. The number of halogens is 1. The van der Waals surface area contributed by atoms with Crippen LogP contribution >= 0.6 is 22.9 Å². The van der Waals surface area contributed by atoms with Gasteiger partial charge in [-0.3, -0.25) is 9.59 Å². The average Bonchev–Trinajstić information content (AvgIpc) is 3.17. The number of aromatic nitrogens is 2. The van der Waals surface area contributed by atoms with Crippen molar-refractivity contribution in [2.24, 2.45) is 17.3 Å². The number of benzene rings is 1. The molecule has 7 rings (SSSR count). The fourth-order valence-corrected chi connectivity index (χ4v) is 8.37. The monoisotopic (exact) mass is 468 g/mol. The summed E-state index contributed by atoms with van der Waals surface area (Å²) in [6.07, 6.45) is 5.05. The molecule has 3 aromatic rings. The van der Waals surface area contributed by atoms with Crippen LogP contribution in [-0.2, 0) is 9.53 Å². The molecule has 2 heterocycles. The lowest BCUT2D eigenvalue weighted by atomic mass is 9.49. The lowest BCUT2D eigenvalue weighted by molar-refractivity contribution is -0.175. The number of carbonyl (C=O) groups excluding carboxylic acids is 1. The molecule has 4 bridgehead atoms. The third-order valence-electron chi connectivity index (χ3n) is 7.64. The molecule has 0 saturated heterocycles. The molecule has 1 N–H and O–H groups in total. The van der Waals surface area contributed by atoms with Gasteiger partial charge in [0.25, 0.3) is 5.56 Å². The van der Waals surface area contributed by atoms with E-state index in [1.165, 1.54) is 17.8 Å². The summed E-state index contributed by atoms with van der Waals surface area (Å²) in [5.41, 5.74) is 1.17. The summed E-state index contributed by atoms with van der Waals surface area (Å²) in [5, 5.41) is 2.53. The lowest BCUT2D eigenvalue weighted by Crippen LogP contribution is -2.56. The first-order valence-electron chi connectivity index (χ1n) is 11.3. The number of rotatable bonds is 4. The maximum Gasteiger partial charge on any atom is 0.312 e. The van der Waals surface area contributed by atoms with E-state index < -0.39 is 11.5 Å². The smallest absolute Gasteiger partial charge is 0.312 e. The summed E-state index contributed by atoms with van der Waals surface area (Å²) in [7, 11) is 0. The number of aromatic amines is 1. The quantitative estimate of drug-likeness (QED) is 0.386. The molecule has 4 saturated carbocycles. The van der Waals surface area contributed by atoms with Crippen LogP contribution in [0.15, 0.2) is 40.5 Å². The number of ether oxygens (including phenoxy) is 1. The Morgan fingerprint density at radius 2 is 1.94 bits per heavy atom. The van der Waals surface area contributed by atoms with Gasteiger partial charge >= 0.3 is 5.97 Å². The summed E-state index contributed by atoms with van der Waals surface area (Å²) in [4.78, 5) is 34.3. The van der Waals surface area contributed by atoms with Gasteiger partial charge in [0.1, 0.15) is 4.83 Å². The normalized spacial score (nSPS) is 31.7. The summed E-state index contributed by atoms with van der Waals surface area (Å²) < 4.78 is 5.94. The van der Waals surface area contributed by atoms with Crippen molar-refractivity contribution < 1.29 is 9.53 Å². The van der Waals surface area contributed by atoms with Crippen LogP contribution in [0.5, 0.6) is 0 Å². The molecule has 3 atom stereocenters. The minimum absolute atomic E-state index is 0.178. The Hall–Kier alpha value is -2.18. The summed E-state index contributed by atoms with van der Waals surface area (Å²) in [5.74, 6) is 1.26. The van der Waals surface area contributed by atoms with E-state index in [-0.39, 0.29) is 16.4 Å². The molecule has 4 aliphatic carbocycles. The molecule has 1 aromatic carbocycles. The number of nitrogens with one attached hydrogen (secondary N) is 1. The Labute approximate surface area is 195 Å². The van der Waals surface area contributed by atoms with Crippen LogP contribution in [-0.4, -0.2) is 20.8 Å². The number of thiophene rings is 1. The number of H-pyrrole nitrogens is 1. The maximum absolute atomic E-state index is 13.4. The van der Waals surface area contributed by atoms with Gasteiger partial charge < -0.3 is 9.72 Å². The van der Waals surface area contributed by atoms with Crippen LogP contribution in [0, 0.1) is 17.3 Å². The highest BCUT2D eigenvalue weighted by molar-refractivity contribution is 7.17. The van der Waals surface area contributed by atoms with Crippen LogP contribution in [0.1, 0.15) is 57.4 Å². The van der Waals surface area contributed by atoms with Crippen molar-refractivity contribution in [1.82, 2.24) is 9.97 Å². The van der Waals surface area contributed by atoms with Crippen molar-refractivity contribution in [2.75, 3.05) is 0 Å². The molecule has 2 aromatic heterocycles. The SMILES string of the molecule is C[C@H](OC(=O)C12C[C@H]3C[C@@H](CC(Cl)(C3)C1)C2)c1nc2scc(-c3ccccc3)c2c(=O)[nH]1. The van der Waals surface area contributed by atoms with E-state index in [4.69, 9.17) is 16.3 Å². The van der Waals surface area contributed by atoms with Gasteiger partial charge in [0.05, 0.1) is 10.8 Å². The van der Waals surface area contributed by atoms with Crippen LogP contribution in [0.25, 0.3) is 21.3 Å². The van der Waals surface area contributed by atoms with E-state index in [2.05, 4.69) is 9.97 Å². The number of esters is 1. The Bertz CT molecular complexity index is 1250. The Morgan fingerprint density at radius 3 is 2.62 bits per heavy atom. The van der Waals surface area contributed by atoms with Gasteiger partial charge in [0.15, 0.2) is 11.9 Å². The second kappa shape index (κ2) is 7.16. The van der Waals surface area contributed by atoms with Gasteiger partial charge in [-0.05, 0) is 62.8 Å². The first-order chi connectivity index (χ1) is 15.3. The molecular formula is C25H25ClN2O3S. The fraction of sp³-hybridized carbons (Fsp3) is 0.480. The molecule has 0 amide bonds. The van der Waals surface area contributed by atoms with Crippen LogP contribution < -0.4 is 5.56 Å².